The number of ether oxygens (including phenoxy) is 1. The lowest BCUT2D eigenvalue weighted by atomic mass is 9.85. The van der Waals surface area contributed by atoms with Gasteiger partial charge in [0.25, 0.3) is 0 Å². The fourth-order valence-corrected chi connectivity index (χ4v) is 5.13. The molecule has 0 saturated carbocycles. The first-order valence-corrected chi connectivity index (χ1v) is 9.69. The van der Waals surface area contributed by atoms with E-state index in [2.05, 4.69) is 6.07 Å². The number of aliphatic hydroxyl groups is 1. The van der Waals surface area contributed by atoms with Gasteiger partial charge in [-0.15, -0.1) is 11.8 Å². The average molecular weight is 396 g/mol. The van der Waals surface area contributed by atoms with Crippen LogP contribution in [0.1, 0.15) is 23.5 Å². The molecule has 28 heavy (non-hydrogen) atoms. The molecule has 7 heteroatoms. The molecule has 0 unspecified atom stereocenters. The van der Waals surface area contributed by atoms with Crippen LogP contribution in [0.5, 0.6) is 5.75 Å². The van der Waals surface area contributed by atoms with E-state index in [4.69, 9.17) is 4.74 Å². The molecule has 2 aliphatic heterocycles. The first-order valence-electron chi connectivity index (χ1n) is 8.71. The van der Waals surface area contributed by atoms with E-state index in [1.807, 2.05) is 18.2 Å². The average Bonchev–Trinajstić information content (AvgIpc) is 3.07. The Morgan fingerprint density at radius 1 is 1.29 bits per heavy atom. The van der Waals surface area contributed by atoms with E-state index in [0.29, 0.717) is 21.9 Å². The predicted molar refractivity (Wildman–Crippen MR) is 103 cm³/mol. The number of thioether (sulfide) groups is 1. The van der Waals surface area contributed by atoms with Crippen molar-refractivity contribution >= 4 is 17.7 Å². The van der Waals surface area contributed by atoms with Crippen molar-refractivity contribution in [2.24, 2.45) is 0 Å². The highest BCUT2D eigenvalue weighted by molar-refractivity contribution is 8.03. The summed E-state index contributed by atoms with van der Waals surface area (Å²) in [5, 5.41) is 21.6. The van der Waals surface area contributed by atoms with Gasteiger partial charge in [0, 0.05) is 23.5 Å². The number of benzene rings is 2. The number of carbonyl (C=O) groups is 1. The van der Waals surface area contributed by atoms with Crippen LogP contribution in [0.25, 0.3) is 0 Å². The monoisotopic (exact) mass is 396 g/mol. The van der Waals surface area contributed by atoms with Crippen LogP contribution in [0.2, 0.25) is 0 Å². The third-order valence-electron chi connectivity index (χ3n) is 5.13. The molecule has 2 heterocycles. The summed E-state index contributed by atoms with van der Waals surface area (Å²) in [5.74, 6) is -0.375. The van der Waals surface area contributed by atoms with Gasteiger partial charge in [0.1, 0.15) is 11.6 Å². The summed E-state index contributed by atoms with van der Waals surface area (Å²) in [4.78, 5) is 14.4. The van der Waals surface area contributed by atoms with E-state index >= 15 is 0 Å². The molecule has 5 nitrogen and oxygen atoms in total. The molecular weight excluding hydrogens is 379 g/mol. The molecule has 142 valence electrons. The SMILES string of the molecule is COc1ccccc1[C@@H]1CC(=O)N2C(=C1C#N)SC[C@@]2(O)c1ccc(F)cc1. The van der Waals surface area contributed by atoms with Gasteiger partial charge in [-0.05, 0) is 18.2 Å². The van der Waals surface area contributed by atoms with Crippen LogP contribution in [0.15, 0.2) is 59.1 Å². The summed E-state index contributed by atoms with van der Waals surface area (Å²) in [6.45, 7) is 0. The number of methoxy groups -OCH3 is 1. The van der Waals surface area contributed by atoms with E-state index in [9.17, 15) is 19.6 Å². The van der Waals surface area contributed by atoms with Crippen molar-refractivity contribution in [2.75, 3.05) is 12.9 Å². The number of allylic oxidation sites excluding steroid dienone is 1. The van der Waals surface area contributed by atoms with Gasteiger partial charge in [-0.25, -0.2) is 4.39 Å². The van der Waals surface area contributed by atoms with Gasteiger partial charge in [0.15, 0.2) is 5.72 Å². The fraction of sp³-hybridized carbons (Fsp3) is 0.238. The minimum atomic E-state index is -1.61. The van der Waals surface area contributed by atoms with E-state index in [-0.39, 0.29) is 18.1 Å². The van der Waals surface area contributed by atoms with E-state index in [1.165, 1.54) is 40.9 Å². The number of nitriles is 1. The summed E-state index contributed by atoms with van der Waals surface area (Å²) in [5.41, 5.74) is -0.0108. The number of rotatable bonds is 3. The minimum absolute atomic E-state index is 0.0385. The molecule has 0 bridgehead atoms. The number of para-hydroxylation sites is 1. The van der Waals surface area contributed by atoms with Gasteiger partial charge in [-0.3, -0.25) is 9.69 Å². The molecule has 4 rings (SSSR count). The van der Waals surface area contributed by atoms with Crippen molar-refractivity contribution < 1.29 is 19.0 Å². The topological polar surface area (TPSA) is 73.6 Å². The number of nitrogens with zero attached hydrogens (tertiary/aromatic N) is 2. The van der Waals surface area contributed by atoms with Crippen LogP contribution < -0.4 is 4.74 Å². The number of fused-ring (bicyclic) bond motifs is 1. The maximum atomic E-state index is 13.3. The first kappa shape index (κ1) is 18.5. The van der Waals surface area contributed by atoms with Crippen LogP contribution in [-0.2, 0) is 10.5 Å². The Labute approximate surface area is 166 Å². The van der Waals surface area contributed by atoms with Crippen molar-refractivity contribution in [1.82, 2.24) is 4.90 Å². The Bertz CT molecular complexity index is 1020. The molecule has 1 saturated heterocycles. The number of amides is 1. The molecule has 2 atom stereocenters. The van der Waals surface area contributed by atoms with Gasteiger partial charge < -0.3 is 9.84 Å². The van der Waals surface area contributed by atoms with Crippen molar-refractivity contribution in [1.29, 1.82) is 5.26 Å². The van der Waals surface area contributed by atoms with E-state index in [1.54, 1.807) is 13.2 Å². The molecule has 1 amide bonds. The van der Waals surface area contributed by atoms with Crippen molar-refractivity contribution in [3.8, 4) is 11.8 Å². The molecular formula is C21H17FN2O3S. The maximum absolute atomic E-state index is 13.3. The van der Waals surface area contributed by atoms with Crippen molar-refractivity contribution in [2.45, 2.75) is 18.1 Å². The molecule has 2 aromatic rings. The van der Waals surface area contributed by atoms with Crippen molar-refractivity contribution in [3.05, 3.63) is 76.1 Å². The first-order chi connectivity index (χ1) is 13.5. The second-order valence-electron chi connectivity index (χ2n) is 6.67. The standard InChI is InChI=1S/C21H17FN2O3S/c1-27-18-5-3-2-4-15(18)16-10-19(25)24-20(17(16)11-23)28-12-21(24,26)13-6-8-14(22)9-7-13/h2-9,16,26H,10,12H2,1H3/t16-,21+/m0/s1. The Kier molecular flexibility index (Phi) is 4.61. The largest absolute Gasteiger partial charge is 0.496 e. The van der Waals surface area contributed by atoms with E-state index in [0.717, 1.165) is 5.56 Å². The maximum Gasteiger partial charge on any atom is 0.231 e. The second-order valence-corrected chi connectivity index (χ2v) is 7.63. The lowest BCUT2D eigenvalue weighted by molar-refractivity contribution is -0.149. The van der Waals surface area contributed by atoms with Crippen LogP contribution in [0, 0.1) is 17.1 Å². The third-order valence-corrected chi connectivity index (χ3v) is 6.35. The predicted octanol–water partition coefficient (Wildman–Crippen LogP) is 3.48. The van der Waals surface area contributed by atoms with E-state index < -0.39 is 17.5 Å². The highest BCUT2D eigenvalue weighted by Gasteiger charge is 2.52. The molecule has 0 spiro atoms. The second kappa shape index (κ2) is 6.97. The lowest BCUT2D eigenvalue weighted by Gasteiger charge is -2.38. The van der Waals surface area contributed by atoms with Crippen LogP contribution in [0.4, 0.5) is 4.39 Å². The molecule has 2 aromatic carbocycles. The molecule has 0 radical (unpaired) electrons. The molecule has 1 N–H and O–H groups in total. The van der Waals surface area contributed by atoms with Gasteiger partial charge in [-0.1, -0.05) is 30.3 Å². The molecule has 2 aliphatic rings. The zero-order valence-corrected chi connectivity index (χ0v) is 15.9. The highest BCUT2D eigenvalue weighted by atomic mass is 32.2. The van der Waals surface area contributed by atoms with Crippen molar-refractivity contribution in [3.63, 3.8) is 0 Å². The summed E-state index contributed by atoms with van der Waals surface area (Å²) < 4.78 is 18.7. The summed E-state index contributed by atoms with van der Waals surface area (Å²) in [6, 6.07) is 15.0. The summed E-state index contributed by atoms with van der Waals surface area (Å²) in [7, 11) is 1.55. The Morgan fingerprint density at radius 3 is 2.68 bits per heavy atom. The smallest absolute Gasteiger partial charge is 0.231 e. The number of halogens is 1. The summed E-state index contributed by atoms with van der Waals surface area (Å²) >= 11 is 1.26. The zero-order valence-electron chi connectivity index (χ0n) is 15.1. The van der Waals surface area contributed by atoms with Gasteiger partial charge >= 0.3 is 0 Å². The Hall–Kier alpha value is -2.82. The number of hydrogen-bond donors (Lipinski definition) is 1. The summed E-state index contributed by atoms with van der Waals surface area (Å²) in [6.07, 6.45) is 0.0385. The number of carbonyl (C=O) groups excluding carboxylic acids is 1. The lowest BCUT2D eigenvalue weighted by Crippen LogP contribution is -2.48. The van der Waals surface area contributed by atoms with Crippen LogP contribution >= 0.6 is 11.8 Å². The zero-order chi connectivity index (χ0) is 19.9. The highest BCUT2D eigenvalue weighted by Crippen LogP contribution is 2.52. The quantitative estimate of drug-likeness (QED) is 0.860. The number of hydrogen-bond acceptors (Lipinski definition) is 5. The fourth-order valence-electron chi connectivity index (χ4n) is 3.78. The van der Waals surface area contributed by atoms with Gasteiger partial charge in [0.2, 0.25) is 5.91 Å². The van der Waals surface area contributed by atoms with Gasteiger partial charge in [-0.2, -0.15) is 5.26 Å². The Balaban J connectivity index is 1.82. The molecule has 0 aliphatic carbocycles. The van der Waals surface area contributed by atoms with Crippen LogP contribution in [-0.4, -0.2) is 28.8 Å². The minimum Gasteiger partial charge on any atom is -0.496 e. The molecule has 0 aromatic heterocycles. The van der Waals surface area contributed by atoms with Crippen LogP contribution in [0.3, 0.4) is 0 Å². The van der Waals surface area contributed by atoms with Gasteiger partial charge in [0.05, 0.1) is 29.5 Å². The third kappa shape index (κ3) is 2.77. The normalized spacial score (nSPS) is 24.1. The molecule has 1 fully saturated rings. The Morgan fingerprint density at radius 2 is 2.00 bits per heavy atom.